The Kier molecular flexibility index (Phi) is 19.0. The van der Waals surface area contributed by atoms with Crippen molar-refractivity contribution in [3.05, 3.63) is 53.6 Å². The van der Waals surface area contributed by atoms with E-state index in [4.69, 9.17) is 16.3 Å². The summed E-state index contributed by atoms with van der Waals surface area (Å²) >= 11 is 6.08. The van der Waals surface area contributed by atoms with Gasteiger partial charge >= 0.3 is 0 Å². The molecule has 58 heavy (non-hydrogen) atoms. The molecule has 4 N–H and O–H groups in total. The number of Topliss-reactive ketones (excluding diaryl/α,β-unsaturated/α-hetero) is 1. The molecule has 0 radical (unpaired) electrons. The van der Waals surface area contributed by atoms with Crippen LogP contribution in [0.1, 0.15) is 130 Å². The third-order valence-corrected chi connectivity index (χ3v) is 10.4. The first-order valence-corrected chi connectivity index (χ1v) is 21.4. The molecule has 5 atom stereocenters. The van der Waals surface area contributed by atoms with Crippen LogP contribution in [0.2, 0.25) is 5.02 Å². The number of carbonyl (C=O) groups excluding carboxylic acids is 6. The molecule has 3 aliphatic rings. The topological polar surface area (TPSA) is 189 Å². The molecule has 5 rings (SSSR count). The van der Waals surface area contributed by atoms with Crippen LogP contribution in [0, 0.1) is 11.3 Å². The Morgan fingerprint density at radius 3 is 2.12 bits per heavy atom. The summed E-state index contributed by atoms with van der Waals surface area (Å²) in [5.74, 6) is -3.35. The molecule has 2 aliphatic carbocycles. The number of aromatic nitrogens is 2. The molecule has 1 saturated heterocycles. The van der Waals surface area contributed by atoms with Crippen molar-refractivity contribution >= 4 is 46.9 Å². The number of ether oxygens (including phenoxy) is 1. The Labute approximate surface area is 348 Å². The normalized spacial score (nSPS) is 19.4. The van der Waals surface area contributed by atoms with E-state index in [2.05, 4.69) is 31.2 Å². The Bertz CT molecular complexity index is 1660. The van der Waals surface area contributed by atoms with Gasteiger partial charge in [0.2, 0.25) is 23.5 Å². The Hall–Kier alpha value is -4.59. The Balaban J connectivity index is 0.00000218. The molecule has 2 saturated carbocycles. The van der Waals surface area contributed by atoms with E-state index in [1.54, 1.807) is 24.3 Å². The number of ketones is 1. The van der Waals surface area contributed by atoms with Gasteiger partial charge < -0.3 is 30.9 Å². The average molecular weight is 826 g/mol. The number of halogens is 1. The van der Waals surface area contributed by atoms with Crippen LogP contribution in [0.4, 0.5) is 0 Å². The second-order valence-electron chi connectivity index (χ2n) is 15.6. The largest absolute Gasteiger partial charge is 0.488 e. The van der Waals surface area contributed by atoms with Gasteiger partial charge in [0.25, 0.3) is 11.8 Å². The summed E-state index contributed by atoms with van der Waals surface area (Å²) in [5, 5.41) is 11.8. The van der Waals surface area contributed by atoms with Crippen molar-refractivity contribution in [2.45, 2.75) is 156 Å². The monoisotopic (exact) mass is 825 g/mol. The molecular weight excluding hydrogens is 762 g/mol. The summed E-state index contributed by atoms with van der Waals surface area (Å²) in [6, 6.07) is 2.46. The second-order valence-corrected chi connectivity index (χ2v) is 16.1. The molecule has 1 aromatic carbocycles. The summed E-state index contributed by atoms with van der Waals surface area (Å²) in [7, 11) is 0. The highest BCUT2D eigenvalue weighted by Gasteiger charge is 2.47. The van der Waals surface area contributed by atoms with Crippen LogP contribution in [0.5, 0.6) is 5.75 Å². The molecule has 5 amide bonds. The molecule has 1 aromatic heterocycles. The van der Waals surface area contributed by atoms with Crippen LogP contribution in [-0.2, 0) is 24.0 Å². The Morgan fingerprint density at radius 1 is 0.897 bits per heavy atom. The number of rotatable bonds is 15. The van der Waals surface area contributed by atoms with Crippen LogP contribution in [0.3, 0.4) is 0 Å². The van der Waals surface area contributed by atoms with E-state index < -0.39 is 71.0 Å². The average Bonchev–Trinajstić information content (AvgIpc) is 3.95. The number of nitrogens with one attached hydrogen (secondary N) is 4. The quantitative estimate of drug-likeness (QED) is 0.167. The molecule has 14 nitrogen and oxygen atoms in total. The molecule has 3 fully saturated rings. The Morgan fingerprint density at radius 2 is 1.55 bits per heavy atom. The summed E-state index contributed by atoms with van der Waals surface area (Å²) in [6.45, 7) is 15.3. The SMILES string of the molecule is CC.CC.CCC[C@H](NC(=O)[C@@H]1C[C@@H](Oc2ccc(Cl)cc2)CN1C(=O)[C@@H](NC(=O)C(NC(=O)c1cnccn1)C1CCCCC1)C(C)(C)C)C(=O)C(=O)NC1CC1. The van der Waals surface area contributed by atoms with Crippen molar-refractivity contribution < 1.29 is 33.5 Å². The van der Waals surface area contributed by atoms with Gasteiger partial charge in [0, 0.05) is 29.9 Å². The fraction of sp³-hybridized carbons (Fsp3) is 0.628. The summed E-state index contributed by atoms with van der Waals surface area (Å²) in [6.07, 6.45) is 10.3. The minimum Gasteiger partial charge on any atom is -0.488 e. The second kappa shape index (κ2) is 23.1. The van der Waals surface area contributed by atoms with Gasteiger partial charge in [-0.25, -0.2) is 4.98 Å². The van der Waals surface area contributed by atoms with Gasteiger partial charge in [-0.05, 0) is 67.7 Å². The first kappa shape index (κ1) is 47.8. The summed E-state index contributed by atoms with van der Waals surface area (Å²) in [5.41, 5.74) is -0.770. The predicted octanol–water partition coefficient (Wildman–Crippen LogP) is 5.57. The zero-order valence-electron chi connectivity index (χ0n) is 35.4. The van der Waals surface area contributed by atoms with E-state index >= 15 is 0 Å². The molecule has 320 valence electrons. The van der Waals surface area contributed by atoms with Crippen LogP contribution in [0.25, 0.3) is 0 Å². The lowest BCUT2D eigenvalue weighted by Crippen LogP contribution is -2.62. The highest BCUT2D eigenvalue weighted by Crippen LogP contribution is 2.31. The van der Waals surface area contributed by atoms with Crippen LogP contribution < -0.4 is 26.0 Å². The van der Waals surface area contributed by atoms with Crippen molar-refractivity contribution in [3.8, 4) is 5.75 Å². The number of benzene rings is 1. The van der Waals surface area contributed by atoms with E-state index in [0.717, 1.165) is 44.9 Å². The van der Waals surface area contributed by atoms with Gasteiger partial charge in [-0.1, -0.05) is 92.7 Å². The number of nitrogens with zero attached hydrogens (tertiary/aromatic N) is 3. The lowest BCUT2D eigenvalue weighted by atomic mass is 9.82. The molecule has 15 heteroatoms. The molecule has 1 unspecified atom stereocenters. The van der Waals surface area contributed by atoms with Crippen LogP contribution in [0.15, 0.2) is 42.9 Å². The lowest BCUT2D eigenvalue weighted by molar-refractivity contribution is -0.145. The third kappa shape index (κ3) is 13.8. The van der Waals surface area contributed by atoms with Crippen LogP contribution in [-0.4, -0.2) is 93.0 Å². The molecular formula is C43H64ClN7O7. The summed E-state index contributed by atoms with van der Waals surface area (Å²) in [4.78, 5) is 91.7. The first-order valence-electron chi connectivity index (χ1n) is 21.0. The van der Waals surface area contributed by atoms with E-state index in [0.29, 0.717) is 17.2 Å². The van der Waals surface area contributed by atoms with Gasteiger partial charge in [0.1, 0.15) is 35.7 Å². The fourth-order valence-corrected chi connectivity index (χ4v) is 7.22. The maximum absolute atomic E-state index is 14.7. The van der Waals surface area contributed by atoms with E-state index in [9.17, 15) is 28.8 Å². The van der Waals surface area contributed by atoms with E-state index in [-0.39, 0.29) is 37.0 Å². The zero-order chi connectivity index (χ0) is 43.0. The van der Waals surface area contributed by atoms with Gasteiger partial charge in [-0.3, -0.25) is 33.8 Å². The first-order chi connectivity index (χ1) is 27.7. The van der Waals surface area contributed by atoms with Crippen molar-refractivity contribution in [1.82, 2.24) is 36.1 Å². The lowest BCUT2D eigenvalue weighted by Gasteiger charge is -2.37. The number of carbonyl (C=O) groups is 6. The van der Waals surface area contributed by atoms with Gasteiger partial charge in [-0.15, -0.1) is 0 Å². The molecule has 2 aromatic rings. The predicted molar refractivity (Wildman–Crippen MR) is 223 cm³/mol. The zero-order valence-corrected chi connectivity index (χ0v) is 36.2. The maximum Gasteiger partial charge on any atom is 0.289 e. The minimum absolute atomic E-state index is 0.00597. The summed E-state index contributed by atoms with van der Waals surface area (Å²) < 4.78 is 6.22. The van der Waals surface area contributed by atoms with Crippen molar-refractivity contribution in [2.24, 2.45) is 11.3 Å². The number of hydrogen-bond acceptors (Lipinski definition) is 9. The van der Waals surface area contributed by atoms with E-state index in [1.165, 1.54) is 23.5 Å². The van der Waals surface area contributed by atoms with Gasteiger partial charge in [0.05, 0.1) is 18.8 Å². The van der Waals surface area contributed by atoms with Gasteiger partial charge in [-0.2, -0.15) is 0 Å². The fourth-order valence-electron chi connectivity index (χ4n) is 7.09. The molecule has 0 spiro atoms. The van der Waals surface area contributed by atoms with Crippen molar-refractivity contribution in [2.75, 3.05) is 6.54 Å². The third-order valence-electron chi connectivity index (χ3n) is 10.2. The van der Waals surface area contributed by atoms with E-state index in [1.807, 2.05) is 55.4 Å². The van der Waals surface area contributed by atoms with Gasteiger partial charge in [0.15, 0.2) is 0 Å². The number of amides is 5. The van der Waals surface area contributed by atoms with Crippen molar-refractivity contribution in [1.29, 1.82) is 0 Å². The molecule has 2 heterocycles. The minimum atomic E-state index is -1.12. The molecule has 0 bridgehead atoms. The standard InChI is InChI=1S/C39H52ClN7O7.2C2H6/c1-5-9-28(32(48)37(52)43-25-14-15-25)44-35(50)30-20-27(54-26-16-12-24(40)13-17-26)22-47(30)38(53)33(39(2,3)4)46-36(51)31(23-10-7-6-8-11-23)45-34(49)29-21-41-18-19-42-29;2*1-2/h12-13,16-19,21,23,25,27-28,30-31,33H,5-11,14-15,20,22H2,1-4H3,(H,43,52)(H,44,50)(H,45,49)(H,46,51);2*1-2H3/t27-,28+,30+,31?,33-;;/m1../s1. The maximum atomic E-state index is 14.7. The highest BCUT2D eigenvalue weighted by atomic mass is 35.5. The number of likely N-dealkylation sites (tertiary alicyclic amines) is 1. The smallest absolute Gasteiger partial charge is 0.289 e. The van der Waals surface area contributed by atoms with Crippen molar-refractivity contribution in [3.63, 3.8) is 0 Å². The number of hydrogen-bond donors (Lipinski definition) is 4. The highest BCUT2D eigenvalue weighted by molar-refractivity contribution is 6.38. The van der Waals surface area contributed by atoms with Crippen LogP contribution >= 0.6 is 11.6 Å². The molecule has 1 aliphatic heterocycles.